The lowest BCUT2D eigenvalue weighted by Gasteiger charge is -2.09. The molecule has 1 aromatic heterocycles. The normalized spacial score (nSPS) is 10.7. The van der Waals surface area contributed by atoms with Crippen molar-refractivity contribution in [2.75, 3.05) is 0 Å². The highest BCUT2D eigenvalue weighted by Gasteiger charge is 2.11. The van der Waals surface area contributed by atoms with Crippen LogP contribution in [0.1, 0.15) is 26.4 Å². The number of aromatic carboxylic acids is 1. The van der Waals surface area contributed by atoms with Crippen LogP contribution >= 0.6 is 0 Å². The lowest BCUT2D eigenvalue weighted by molar-refractivity contribution is 0.0699. The van der Waals surface area contributed by atoms with Crippen LogP contribution in [0.3, 0.4) is 0 Å². The summed E-state index contributed by atoms with van der Waals surface area (Å²) in [5.74, 6) is -0.944. The predicted octanol–water partition coefficient (Wildman–Crippen LogP) is 2.60. The second-order valence-electron chi connectivity index (χ2n) is 4.68. The van der Waals surface area contributed by atoms with Gasteiger partial charge in [-0.1, -0.05) is 30.3 Å². The molecule has 0 spiro atoms. The Labute approximate surface area is 120 Å². The van der Waals surface area contributed by atoms with Crippen molar-refractivity contribution in [2.24, 2.45) is 0 Å². The van der Waals surface area contributed by atoms with Gasteiger partial charge in [0.15, 0.2) is 6.29 Å². The maximum absolute atomic E-state index is 11.3. The van der Waals surface area contributed by atoms with Crippen LogP contribution in [0.5, 0.6) is 0 Å². The van der Waals surface area contributed by atoms with Crippen molar-refractivity contribution in [3.8, 4) is 0 Å². The van der Waals surface area contributed by atoms with Gasteiger partial charge >= 0.3 is 5.97 Å². The van der Waals surface area contributed by atoms with E-state index in [1.165, 1.54) is 0 Å². The van der Waals surface area contributed by atoms with Gasteiger partial charge in [0.2, 0.25) is 0 Å². The molecule has 0 fully saturated rings. The number of hydrogen-bond acceptors (Lipinski definition) is 3. The van der Waals surface area contributed by atoms with E-state index >= 15 is 0 Å². The minimum absolute atomic E-state index is 0.281. The third kappa shape index (κ3) is 2.41. The molecule has 5 heteroatoms. The molecule has 0 amide bonds. The van der Waals surface area contributed by atoms with Crippen molar-refractivity contribution < 1.29 is 14.7 Å². The summed E-state index contributed by atoms with van der Waals surface area (Å²) in [6.45, 7) is 0.480. The summed E-state index contributed by atoms with van der Waals surface area (Å²) in [4.78, 5) is 21.9. The summed E-state index contributed by atoms with van der Waals surface area (Å²) < 4.78 is 1.66. The number of carbonyl (C=O) groups is 2. The lowest BCUT2D eigenvalue weighted by atomic mass is 9.99. The summed E-state index contributed by atoms with van der Waals surface area (Å²) in [5.41, 5.74) is 1.61. The number of hydrogen-bond donors (Lipinski definition) is 1. The van der Waals surface area contributed by atoms with Crippen LogP contribution in [0.15, 0.2) is 48.7 Å². The molecular formula is C16H12N2O3. The first-order valence-corrected chi connectivity index (χ1v) is 6.41. The first-order chi connectivity index (χ1) is 10.2. The molecule has 0 bridgehead atoms. The maximum Gasteiger partial charge on any atom is 0.336 e. The Morgan fingerprint density at radius 3 is 2.57 bits per heavy atom. The van der Waals surface area contributed by atoms with E-state index in [0.29, 0.717) is 23.9 Å². The van der Waals surface area contributed by atoms with Crippen molar-refractivity contribution in [2.45, 2.75) is 6.54 Å². The molecular weight excluding hydrogens is 268 g/mol. The Hall–Kier alpha value is -2.95. The van der Waals surface area contributed by atoms with Gasteiger partial charge in [-0.25, -0.2) is 4.79 Å². The first kappa shape index (κ1) is 13.1. The standard InChI is InChI=1S/C16H12N2O3/c19-10-12-7-8-18(17-12)9-11-5-6-15(16(20)21)14-4-2-1-3-13(11)14/h1-8,10H,9H2,(H,20,21). The Morgan fingerprint density at radius 1 is 1.14 bits per heavy atom. The van der Waals surface area contributed by atoms with Crippen molar-refractivity contribution >= 4 is 23.0 Å². The van der Waals surface area contributed by atoms with Gasteiger partial charge in [0, 0.05) is 6.20 Å². The third-order valence-electron chi connectivity index (χ3n) is 3.36. The monoisotopic (exact) mass is 280 g/mol. The Balaban J connectivity index is 2.09. The number of aromatic nitrogens is 2. The fourth-order valence-electron chi connectivity index (χ4n) is 2.39. The average molecular weight is 280 g/mol. The minimum Gasteiger partial charge on any atom is -0.478 e. The molecule has 0 aliphatic rings. The number of carboxylic acid groups (broad SMARTS) is 1. The van der Waals surface area contributed by atoms with Crippen molar-refractivity contribution in [1.82, 2.24) is 9.78 Å². The molecule has 1 N–H and O–H groups in total. The number of carbonyl (C=O) groups excluding carboxylic acids is 1. The zero-order valence-corrected chi connectivity index (χ0v) is 11.1. The fraction of sp³-hybridized carbons (Fsp3) is 0.0625. The van der Waals surface area contributed by atoms with Gasteiger partial charge in [-0.3, -0.25) is 9.48 Å². The van der Waals surface area contributed by atoms with Crippen molar-refractivity contribution in [3.05, 3.63) is 65.5 Å². The highest BCUT2D eigenvalue weighted by Crippen LogP contribution is 2.23. The summed E-state index contributed by atoms with van der Waals surface area (Å²) in [5, 5.41) is 14.9. The first-order valence-electron chi connectivity index (χ1n) is 6.41. The van der Waals surface area contributed by atoms with Gasteiger partial charge < -0.3 is 5.11 Å². The molecule has 3 aromatic rings. The van der Waals surface area contributed by atoms with Gasteiger partial charge in [-0.2, -0.15) is 5.10 Å². The Bertz CT molecular complexity index is 836. The zero-order chi connectivity index (χ0) is 14.8. The minimum atomic E-state index is -0.944. The number of aldehydes is 1. The van der Waals surface area contributed by atoms with Gasteiger partial charge in [0.05, 0.1) is 12.1 Å². The number of fused-ring (bicyclic) bond motifs is 1. The molecule has 5 nitrogen and oxygen atoms in total. The summed E-state index contributed by atoms with van der Waals surface area (Å²) in [6.07, 6.45) is 2.42. The van der Waals surface area contributed by atoms with Crippen molar-refractivity contribution in [3.63, 3.8) is 0 Å². The van der Waals surface area contributed by atoms with Crippen LogP contribution in [-0.4, -0.2) is 27.1 Å². The largest absolute Gasteiger partial charge is 0.478 e. The van der Waals surface area contributed by atoms with Crippen LogP contribution in [0, 0.1) is 0 Å². The van der Waals surface area contributed by atoms with Crippen LogP contribution in [-0.2, 0) is 6.54 Å². The van der Waals surface area contributed by atoms with E-state index in [1.54, 1.807) is 35.1 Å². The SMILES string of the molecule is O=Cc1ccn(Cc2ccc(C(=O)O)c3ccccc23)n1. The van der Waals surface area contributed by atoms with Crippen molar-refractivity contribution in [1.29, 1.82) is 0 Å². The van der Waals surface area contributed by atoms with E-state index < -0.39 is 5.97 Å². The molecule has 0 atom stereocenters. The maximum atomic E-state index is 11.3. The van der Waals surface area contributed by atoms with E-state index in [0.717, 1.165) is 10.9 Å². The van der Waals surface area contributed by atoms with Crippen LogP contribution in [0.25, 0.3) is 10.8 Å². The van der Waals surface area contributed by atoms with E-state index in [-0.39, 0.29) is 5.56 Å². The second-order valence-corrected chi connectivity index (χ2v) is 4.68. The molecule has 0 aliphatic carbocycles. The molecule has 3 rings (SSSR count). The fourth-order valence-corrected chi connectivity index (χ4v) is 2.39. The highest BCUT2D eigenvalue weighted by atomic mass is 16.4. The number of benzene rings is 2. The number of nitrogens with zero attached hydrogens (tertiary/aromatic N) is 2. The predicted molar refractivity (Wildman–Crippen MR) is 77.6 cm³/mol. The topological polar surface area (TPSA) is 72.2 Å². The highest BCUT2D eigenvalue weighted by molar-refractivity contribution is 6.04. The summed E-state index contributed by atoms with van der Waals surface area (Å²) >= 11 is 0. The molecule has 104 valence electrons. The van der Waals surface area contributed by atoms with Gasteiger partial charge in [-0.05, 0) is 28.5 Å². The molecule has 1 heterocycles. The molecule has 21 heavy (non-hydrogen) atoms. The van der Waals surface area contributed by atoms with E-state index in [9.17, 15) is 14.7 Å². The molecule has 0 saturated heterocycles. The van der Waals surface area contributed by atoms with E-state index in [4.69, 9.17) is 0 Å². The second kappa shape index (κ2) is 5.20. The van der Waals surface area contributed by atoms with Gasteiger partial charge in [-0.15, -0.1) is 0 Å². The Morgan fingerprint density at radius 2 is 1.90 bits per heavy atom. The van der Waals surface area contributed by atoms with Gasteiger partial charge in [0.1, 0.15) is 5.69 Å². The van der Waals surface area contributed by atoms with Crippen LogP contribution in [0.4, 0.5) is 0 Å². The quantitative estimate of drug-likeness (QED) is 0.745. The smallest absolute Gasteiger partial charge is 0.336 e. The van der Waals surface area contributed by atoms with Gasteiger partial charge in [0.25, 0.3) is 0 Å². The molecule has 0 saturated carbocycles. The number of carboxylic acids is 1. The molecule has 0 aliphatic heterocycles. The summed E-state index contributed by atoms with van der Waals surface area (Å²) in [6, 6.07) is 12.4. The molecule has 0 unspecified atom stereocenters. The molecule has 2 aromatic carbocycles. The number of rotatable bonds is 4. The zero-order valence-electron chi connectivity index (χ0n) is 11.1. The Kier molecular flexibility index (Phi) is 3.23. The van der Waals surface area contributed by atoms with Crippen LogP contribution < -0.4 is 0 Å². The lowest BCUT2D eigenvalue weighted by Crippen LogP contribution is -2.04. The van der Waals surface area contributed by atoms with E-state index in [1.807, 2.05) is 18.2 Å². The molecule has 0 radical (unpaired) electrons. The third-order valence-corrected chi connectivity index (χ3v) is 3.36. The summed E-state index contributed by atoms with van der Waals surface area (Å²) in [7, 11) is 0. The van der Waals surface area contributed by atoms with Crippen LogP contribution in [0.2, 0.25) is 0 Å². The average Bonchev–Trinajstić information content (AvgIpc) is 2.95. The van der Waals surface area contributed by atoms with E-state index in [2.05, 4.69) is 5.10 Å².